The van der Waals surface area contributed by atoms with Gasteiger partial charge in [0.25, 0.3) is 5.91 Å². The number of alkyl halides is 4. The van der Waals surface area contributed by atoms with Gasteiger partial charge in [-0.15, -0.1) is 0 Å². The second-order valence-corrected chi connectivity index (χ2v) is 11.2. The molecule has 230 valence electrons. The first-order valence-electron chi connectivity index (χ1n) is 14.0. The Morgan fingerprint density at radius 1 is 1.05 bits per heavy atom. The Labute approximate surface area is 236 Å². The van der Waals surface area contributed by atoms with Crippen LogP contribution in [0.2, 0.25) is 0 Å². The summed E-state index contributed by atoms with van der Waals surface area (Å²) in [5.74, 6) is -2.97. The number of hydrogen-bond acceptors (Lipinski definition) is 6. The number of halogens is 4. The maximum Gasteiger partial charge on any atom is 0.490 e. The van der Waals surface area contributed by atoms with Gasteiger partial charge in [-0.25, -0.2) is 9.18 Å². The molecule has 2 aliphatic heterocycles. The second-order valence-electron chi connectivity index (χ2n) is 11.2. The van der Waals surface area contributed by atoms with E-state index in [2.05, 4.69) is 11.0 Å². The number of primary amides is 1. The van der Waals surface area contributed by atoms with Gasteiger partial charge in [-0.1, -0.05) is 12.1 Å². The van der Waals surface area contributed by atoms with E-state index < -0.39 is 42.8 Å². The molecule has 3 atom stereocenters. The average Bonchev–Trinajstić information content (AvgIpc) is 3.17. The van der Waals surface area contributed by atoms with Gasteiger partial charge in [-0.05, 0) is 80.9 Å². The van der Waals surface area contributed by atoms with E-state index in [0.717, 1.165) is 45.1 Å². The molecule has 0 radical (unpaired) electrons. The van der Waals surface area contributed by atoms with Crippen molar-refractivity contribution in [1.82, 2.24) is 9.80 Å². The number of carbonyl (C=O) groups is 3. The Morgan fingerprint density at radius 2 is 1.63 bits per heavy atom. The highest BCUT2D eigenvalue weighted by Gasteiger charge is 2.41. The van der Waals surface area contributed by atoms with Crippen molar-refractivity contribution in [2.45, 2.75) is 87.8 Å². The Hall–Kier alpha value is -2.77. The highest BCUT2D eigenvalue weighted by Crippen LogP contribution is 2.43. The Kier molecular flexibility index (Phi) is 11.5. The van der Waals surface area contributed by atoms with E-state index in [1.807, 2.05) is 12.1 Å². The lowest BCUT2D eigenvalue weighted by atomic mass is 9.84. The summed E-state index contributed by atoms with van der Waals surface area (Å²) in [6, 6.07) is 8.49. The fourth-order valence-electron chi connectivity index (χ4n) is 6.29. The molecule has 1 aliphatic carbocycles. The molecule has 3 aliphatic rings. The summed E-state index contributed by atoms with van der Waals surface area (Å²) in [6.07, 6.45) is -0.425. The molecule has 5 N–H and O–H groups in total. The normalized spacial score (nSPS) is 26.9. The molecule has 3 fully saturated rings. The molecule has 1 aromatic rings. The topological polar surface area (TPSA) is 144 Å². The molecule has 13 heteroatoms. The molecule has 41 heavy (non-hydrogen) atoms. The van der Waals surface area contributed by atoms with Crippen molar-refractivity contribution in [2.24, 2.45) is 11.7 Å². The molecule has 2 saturated heterocycles. The Balaban J connectivity index is 0.000000587. The number of carbonyl (C=O) groups excluding carboxylic acids is 2. The average molecular weight is 590 g/mol. The van der Waals surface area contributed by atoms with Gasteiger partial charge in [-0.2, -0.15) is 13.2 Å². The van der Waals surface area contributed by atoms with Gasteiger partial charge in [-0.3, -0.25) is 14.5 Å². The molecule has 0 spiro atoms. The van der Waals surface area contributed by atoms with Crippen molar-refractivity contribution in [1.29, 1.82) is 0 Å². The number of aliphatic hydroxyl groups is 2. The van der Waals surface area contributed by atoms with E-state index in [0.29, 0.717) is 49.5 Å². The van der Waals surface area contributed by atoms with Crippen molar-refractivity contribution in [3.63, 3.8) is 0 Å². The first kappa shape index (κ1) is 32.7. The molecular formula is C28H39F4N3O6. The molecule has 2 heterocycles. The number of aliphatic hydroxyl groups excluding tert-OH is 2. The molecule has 9 nitrogen and oxygen atoms in total. The number of piperidine rings is 1. The standard InChI is InChI=1S/C26H38FN3O4.C2HF3O2/c27-21-6-4-17(5-7-21)15-29(26(34)24(32)16-31)10-11-30-22-8-9-23(30)14-20(13-22)18-2-1-3-19(12-18)25(28)33;3-2(4,5)1(6)7/h1-3,12,17,20-24,31-32H,4-11,13-16H2,(H2,28,33);(H,6,7)/t17?,20?,21?,22?,23?,24-;/m0./s1. The van der Waals surface area contributed by atoms with E-state index in [9.17, 15) is 37.4 Å². The van der Waals surface area contributed by atoms with E-state index >= 15 is 0 Å². The third kappa shape index (κ3) is 9.11. The predicted octanol–water partition coefficient (Wildman–Crippen LogP) is 2.84. The zero-order chi connectivity index (χ0) is 30.3. The molecule has 2 bridgehead atoms. The summed E-state index contributed by atoms with van der Waals surface area (Å²) in [7, 11) is 0. The number of fused-ring (bicyclic) bond motifs is 2. The number of carboxylic acids is 1. The van der Waals surface area contributed by atoms with Crippen molar-refractivity contribution in [3.8, 4) is 0 Å². The Bertz CT molecular complexity index is 1040. The maximum atomic E-state index is 13.6. The zero-order valence-corrected chi connectivity index (χ0v) is 22.8. The number of carboxylic acid groups (broad SMARTS) is 1. The van der Waals surface area contributed by atoms with Gasteiger partial charge >= 0.3 is 12.1 Å². The van der Waals surface area contributed by atoms with Crippen molar-refractivity contribution >= 4 is 17.8 Å². The highest BCUT2D eigenvalue weighted by molar-refractivity contribution is 5.92. The fraction of sp³-hybridized carbons (Fsp3) is 0.679. The number of rotatable bonds is 9. The molecule has 2 amide bonds. The van der Waals surface area contributed by atoms with Crippen LogP contribution in [0.5, 0.6) is 0 Å². The van der Waals surface area contributed by atoms with E-state index in [1.54, 1.807) is 11.0 Å². The summed E-state index contributed by atoms with van der Waals surface area (Å²) in [5, 5.41) is 26.4. The van der Waals surface area contributed by atoms with Crippen molar-refractivity contribution in [2.75, 3.05) is 26.2 Å². The number of benzene rings is 1. The second kappa shape index (κ2) is 14.4. The van der Waals surface area contributed by atoms with Crippen LogP contribution >= 0.6 is 0 Å². The minimum Gasteiger partial charge on any atom is -0.475 e. The van der Waals surface area contributed by atoms with Crippen LogP contribution in [0.1, 0.15) is 73.2 Å². The minimum absolute atomic E-state index is 0.238. The van der Waals surface area contributed by atoms with Gasteiger partial charge in [0.15, 0.2) is 6.10 Å². The maximum absolute atomic E-state index is 13.6. The van der Waals surface area contributed by atoms with Crippen LogP contribution in [0, 0.1) is 5.92 Å². The van der Waals surface area contributed by atoms with Gasteiger partial charge in [0.1, 0.15) is 6.17 Å². The SMILES string of the molecule is NC(=O)c1cccc(C2CC3CCC(C2)N3CCN(CC2CCC(F)CC2)C(=O)[C@@H](O)CO)c1.O=C(O)C(F)(F)F. The smallest absolute Gasteiger partial charge is 0.475 e. The highest BCUT2D eigenvalue weighted by atomic mass is 19.4. The van der Waals surface area contributed by atoms with E-state index in [-0.39, 0.29) is 5.92 Å². The quantitative estimate of drug-likeness (QED) is 0.324. The van der Waals surface area contributed by atoms with E-state index in [1.165, 1.54) is 5.56 Å². The molecule has 1 saturated carbocycles. The zero-order valence-electron chi connectivity index (χ0n) is 22.8. The fourth-order valence-corrected chi connectivity index (χ4v) is 6.29. The van der Waals surface area contributed by atoms with Gasteiger partial charge in [0.05, 0.1) is 6.61 Å². The number of amides is 2. The van der Waals surface area contributed by atoms with Crippen LogP contribution in [-0.4, -0.2) is 99.7 Å². The summed E-state index contributed by atoms with van der Waals surface area (Å²) in [5.41, 5.74) is 7.18. The lowest BCUT2D eigenvalue weighted by Crippen LogP contribution is -2.50. The third-order valence-electron chi connectivity index (χ3n) is 8.42. The molecular weight excluding hydrogens is 550 g/mol. The van der Waals surface area contributed by atoms with Gasteiger partial charge < -0.3 is 26.0 Å². The first-order valence-corrected chi connectivity index (χ1v) is 14.0. The largest absolute Gasteiger partial charge is 0.490 e. The van der Waals surface area contributed by atoms with Crippen LogP contribution in [0.3, 0.4) is 0 Å². The predicted molar refractivity (Wildman–Crippen MR) is 141 cm³/mol. The van der Waals surface area contributed by atoms with Crippen LogP contribution in [0.25, 0.3) is 0 Å². The molecule has 4 rings (SSSR count). The van der Waals surface area contributed by atoms with Crippen LogP contribution < -0.4 is 5.73 Å². The van der Waals surface area contributed by atoms with Gasteiger partial charge in [0, 0.05) is 37.3 Å². The monoisotopic (exact) mass is 589 g/mol. The van der Waals surface area contributed by atoms with Crippen LogP contribution in [0.4, 0.5) is 17.6 Å². The summed E-state index contributed by atoms with van der Waals surface area (Å²) < 4.78 is 45.3. The minimum atomic E-state index is -5.08. The van der Waals surface area contributed by atoms with Crippen molar-refractivity contribution in [3.05, 3.63) is 35.4 Å². The number of hydrogen-bond donors (Lipinski definition) is 4. The van der Waals surface area contributed by atoms with Crippen molar-refractivity contribution < 1.29 is 47.3 Å². The number of nitrogens with two attached hydrogens (primary N) is 1. The van der Waals surface area contributed by atoms with E-state index in [4.69, 9.17) is 15.6 Å². The van der Waals surface area contributed by atoms with Crippen LogP contribution in [0.15, 0.2) is 24.3 Å². The van der Waals surface area contributed by atoms with Crippen LogP contribution in [-0.2, 0) is 9.59 Å². The lowest BCUT2D eigenvalue weighted by molar-refractivity contribution is -0.192. The first-order chi connectivity index (χ1) is 19.3. The lowest BCUT2D eigenvalue weighted by Gasteiger charge is -2.41. The molecule has 2 unspecified atom stereocenters. The Morgan fingerprint density at radius 3 is 2.15 bits per heavy atom. The molecule has 0 aromatic heterocycles. The number of nitrogens with zero attached hydrogens (tertiary/aromatic N) is 2. The summed E-state index contributed by atoms with van der Waals surface area (Å²) >= 11 is 0. The summed E-state index contributed by atoms with van der Waals surface area (Å²) in [6.45, 7) is 1.15. The molecule has 1 aromatic carbocycles. The summed E-state index contributed by atoms with van der Waals surface area (Å²) in [4.78, 5) is 37.4. The third-order valence-corrected chi connectivity index (χ3v) is 8.42. The van der Waals surface area contributed by atoms with Gasteiger partial charge in [0.2, 0.25) is 5.91 Å². The number of aliphatic carboxylic acids is 1.